The maximum atomic E-state index is 11.5. The molecule has 4 heteroatoms. The van der Waals surface area contributed by atoms with E-state index in [9.17, 15) is 4.79 Å². The lowest BCUT2D eigenvalue weighted by Crippen LogP contribution is -2.46. The summed E-state index contributed by atoms with van der Waals surface area (Å²) in [5.74, 6) is -0.203. The van der Waals surface area contributed by atoms with Gasteiger partial charge >= 0.3 is 0 Å². The molecule has 1 unspecified atom stereocenters. The summed E-state index contributed by atoms with van der Waals surface area (Å²) in [5.41, 5.74) is 12.0. The summed E-state index contributed by atoms with van der Waals surface area (Å²) >= 11 is 0. The molecule has 18 heavy (non-hydrogen) atoms. The van der Waals surface area contributed by atoms with E-state index >= 15 is 0 Å². The molecule has 1 amide bonds. The van der Waals surface area contributed by atoms with Crippen molar-refractivity contribution in [3.8, 4) is 0 Å². The van der Waals surface area contributed by atoms with Crippen LogP contribution in [0.4, 0.5) is 0 Å². The van der Waals surface area contributed by atoms with Crippen LogP contribution in [0.3, 0.4) is 0 Å². The van der Waals surface area contributed by atoms with Gasteiger partial charge < -0.3 is 5.73 Å². The number of hydrogen-bond donors (Lipinski definition) is 3. The third-order valence-electron chi connectivity index (χ3n) is 2.85. The van der Waals surface area contributed by atoms with Crippen LogP contribution in [-0.4, -0.2) is 19.0 Å². The van der Waals surface area contributed by atoms with E-state index in [-0.39, 0.29) is 5.91 Å². The Balaban J connectivity index is 2.14. The predicted octanol–water partition coefficient (Wildman–Crippen LogP) is 0.960. The van der Waals surface area contributed by atoms with Crippen LogP contribution < -0.4 is 16.6 Å². The summed E-state index contributed by atoms with van der Waals surface area (Å²) < 4.78 is 0. The minimum atomic E-state index is -0.543. The quantitative estimate of drug-likeness (QED) is 0.701. The van der Waals surface area contributed by atoms with Gasteiger partial charge in [0.2, 0.25) is 0 Å². The molecule has 0 saturated heterocycles. The van der Waals surface area contributed by atoms with Crippen LogP contribution >= 0.6 is 0 Å². The summed E-state index contributed by atoms with van der Waals surface area (Å²) in [6.45, 7) is 0. The van der Waals surface area contributed by atoms with Crippen molar-refractivity contribution in [3.05, 3.63) is 48.0 Å². The topological polar surface area (TPSA) is 67.1 Å². The number of carbonyl (C=O) groups is 1. The van der Waals surface area contributed by atoms with Gasteiger partial charge in [-0.2, -0.15) is 0 Å². The maximum absolute atomic E-state index is 11.5. The Morgan fingerprint density at radius 1 is 1.22 bits per heavy atom. The lowest BCUT2D eigenvalue weighted by Gasteiger charge is -2.11. The van der Waals surface area contributed by atoms with Gasteiger partial charge in [0.1, 0.15) is 0 Å². The molecule has 0 fully saturated rings. The first-order chi connectivity index (χ1) is 8.70. The number of nitrogens with two attached hydrogens (primary N) is 1. The van der Waals surface area contributed by atoms with E-state index in [2.05, 4.69) is 29.1 Å². The lowest BCUT2D eigenvalue weighted by molar-refractivity contribution is -0.123. The molecule has 0 aliphatic carbocycles. The highest BCUT2D eigenvalue weighted by molar-refractivity contribution is 5.84. The Morgan fingerprint density at radius 3 is 2.67 bits per heavy atom. The van der Waals surface area contributed by atoms with E-state index in [1.807, 2.05) is 24.3 Å². The fraction of sp³-hybridized carbons (Fsp3) is 0.214. The second kappa shape index (κ2) is 5.62. The molecular formula is C14H17N3O. The van der Waals surface area contributed by atoms with Gasteiger partial charge in [0.25, 0.3) is 5.91 Å². The second-order valence-electron chi connectivity index (χ2n) is 4.23. The van der Waals surface area contributed by atoms with Gasteiger partial charge in [-0.1, -0.05) is 42.5 Å². The molecule has 4 nitrogen and oxygen atoms in total. The van der Waals surface area contributed by atoms with Crippen LogP contribution in [0.25, 0.3) is 10.8 Å². The summed E-state index contributed by atoms with van der Waals surface area (Å²) in [7, 11) is 1.64. The SMILES string of the molecule is CNNC(=O)C(N)Cc1ccc2ccccc2c1. The van der Waals surface area contributed by atoms with Crippen LogP contribution in [0, 0.1) is 0 Å². The molecule has 2 aromatic rings. The molecule has 2 aromatic carbocycles. The number of carbonyl (C=O) groups excluding carboxylic acids is 1. The van der Waals surface area contributed by atoms with E-state index in [1.54, 1.807) is 7.05 Å². The average molecular weight is 243 g/mol. The number of hydrogen-bond acceptors (Lipinski definition) is 3. The van der Waals surface area contributed by atoms with Crippen molar-refractivity contribution in [2.24, 2.45) is 5.73 Å². The van der Waals surface area contributed by atoms with E-state index < -0.39 is 6.04 Å². The van der Waals surface area contributed by atoms with E-state index in [1.165, 1.54) is 5.39 Å². The molecule has 0 heterocycles. The summed E-state index contributed by atoms with van der Waals surface area (Å²) in [6, 6.07) is 13.7. The van der Waals surface area contributed by atoms with Crippen LogP contribution in [0.2, 0.25) is 0 Å². The minimum Gasteiger partial charge on any atom is -0.320 e. The van der Waals surface area contributed by atoms with Crippen LogP contribution in [0.15, 0.2) is 42.5 Å². The summed E-state index contributed by atoms with van der Waals surface area (Å²) in [5, 5.41) is 2.35. The fourth-order valence-corrected chi connectivity index (χ4v) is 1.93. The third-order valence-corrected chi connectivity index (χ3v) is 2.85. The minimum absolute atomic E-state index is 0.203. The predicted molar refractivity (Wildman–Crippen MR) is 72.8 cm³/mol. The molecule has 0 spiro atoms. The first-order valence-electron chi connectivity index (χ1n) is 5.90. The summed E-state index contributed by atoms with van der Waals surface area (Å²) in [6.07, 6.45) is 0.526. The number of rotatable bonds is 4. The Hall–Kier alpha value is -1.91. The Labute approximate surface area is 106 Å². The first-order valence-corrected chi connectivity index (χ1v) is 5.90. The molecule has 0 aliphatic rings. The maximum Gasteiger partial charge on any atom is 0.251 e. The average Bonchev–Trinajstić information content (AvgIpc) is 2.39. The molecule has 0 aromatic heterocycles. The number of fused-ring (bicyclic) bond motifs is 1. The number of amides is 1. The normalized spacial score (nSPS) is 12.3. The van der Waals surface area contributed by atoms with Crippen LogP contribution in [0.5, 0.6) is 0 Å². The molecule has 0 bridgehead atoms. The van der Waals surface area contributed by atoms with Crippen molar-refractivity contribution in [2.45, 2.75) is 12.5 Å². The van der Waals surface area contributed by atoms with Crippen molar-refractivity contribution in [2.75, 3.05) is 7.05 Å². The zero-order chi connectivity index (χ0) is 13.0. The highest BCUT2D eigenvalue weighted by Gasteiger charge is 2.13. The molecule has 0 radical (unpaired) electrons. The molecule has 0 saturated carbocycles. The van der Waals surface area contributed by atoms with Gasteiger partial charge in [0.05, 0.1) is 6.04 Å². The van der Waals surface area contributed by atoms with Crippen LogP contribution in [-0.2, 0) is 11.2 Å². The first kappa shape index (κ1) is 12.5. The number of hydrazine groups is 1. The Bertz CT molecular complexity index is 553. The van der Waals surface area contributed by atoms with Crippen molar-refractivity contribution in [1.82, 2.24) is 10.9 Å². The van der Waals surface area contributed by atoms with E-state index in [0.29, 0.717) is 6.42 Å². The second-order valence-corrected chi connectivity index (χ2v) is 4.23. The molecule has 1 atom stereocenters. The molecule has 4 N–H and O–H groups in total. The van der Waals surface area contributed by atoms with Crippen molar-refractivity contribution < 1.29 is 4.79 Å². The van der Waals surface area contributed by atoms with Gasteiger partial charge in [0.15, 0.2) is 0 Å². The van der Waals surface area contributed by atoms with Gasteiger partial charge in [-0.25, -0.2) is 5.43 Å². The highest BCUT2D eigenvalue weighted by Crippen LogP contribution is 2.16. The lowest BCUT2D eigenvalue weighted by atomic mass is 10.0. The van der Waals surface area contributed by atoms with Crippen molar-refractivity contribution in [1.29, 1.82) is 0 Å². The fourth-order valence-electron chi connectivity index (χ4n) is 1.93. The monoisotopic (exact) mass is 243 g/mol. The van der Waals surface area contributed by atoms with Gasteiger partial charge in [-0.05, 0) is 22.8 Å². The molecule has 2 rings (SSSR count). The van der Waals surface area contributed by atoms with E-state index in [4.69, 9.17) is 5.73 Å². The number of benzene rings is 2. The number of nitrogens with one attached hydrogen (secondary N) is 2. The van der Waals surface area contributed by atoms with Gasteiger partial charge in [0, 0.05) is 7.05 Å². The molecule has 0 aliphatic heterocycles. The standard InChI is InChI=1S/C14H17N3O/c1-16-17-14(18)13(15)9-10-6-7-11-4-2-3-5-12(11)8-10/h2-8,13,16H,9,15H2,1H3,(H,17,18). The van der Waals surface area contributed by atoms with E-state index in [0.717, 1.165) is 10.9 Å². The molecule has 94 valence electrons. The smallest absolute Gasteiger partial charge is 0.251 e. The molecular weight excluding hydrogens is 226 g/mol. The zero-order valence-corrected chi connectivity index (χ0v) is 10.3. The third kappa shape index (κ3) is 2.85. The summed E-state index contributed by atoms with van der Waals surface area (Å²) in [4.78, 5) is 11.5. The van der Waals surface area contributed by atoms with Gasteiger partial charge in [-0.3, -0.25) is 10.2 Å². The zero-order valence-electron chi connectivity index (χ0n) is 10.3. The van der Waals surface area contributed by atoms with Crippen molar-refractivity contribution >= 4 is 16.7 Å². The highest BCUT2D eigenvalue weighted by atomic mass is 16.2. The Kier molecular flexibility index (Phi) is 3.92. The van der Waals surface area contributed by atoms with Crippen LogP contribution in [0.1, 0.15) is 5.56 Å². The largest absolute Gasteiger partial charge is 0.320 e. The van der Waals surface area contributed by atoms with Crippen molar-refractivity contribution in [3.63, 3.8) is 0 Å². The van der Waals surface area contributed by atoms with Gasteiger partial charge in [-0.15, -0.1) is 0 Å². The Morgan fingerprint density at radius 2 is 1.94 bits per heavy atom.